The van der Waals surface area contributed by atoms with Crippen LogP contribution in [0.5, 0.6) is 17.2 Å². The summed E-state index contributed by atoms with van der Waals surface area (Å²) in [4.78, 5) is 25.3. The number of halogens is 1. The van der Waals surface area contributed by atoms with E-state index in [1.54, 1.807) is 66.7 Å². The van der Waals surface area contributed by atoms with Crippen molar-refractivity contribution in [2.75, 3.05) is 11.9 Å². The quantitative estimate of drug-likeness (QED) is 0.264. The van der Waals surface area contributed by atoms with Gasteiger partial charge in [0.2, 0.25) is 0 Å². The number of carbonyl (C=O) groups is 1. The molecule has 6 nitrogen and oxygen atoms in total. The van der Waals surface area contributed by atoms with Gasteiger partial charge in [-0.2, -0.15) is 0 Å². The average molecular weight is 498 g/mol. The molecule has 178 valence electrons. The molecule has 36 heavy (non-hydrogen) atoms. The lowest BCUT2D eigenvalue weighted by Crippen LogP contribution is -2.20. The zero-order valence-corrected chi connectivity index (χ0v) is 19.7. The van der Waals surface area contributed by atoms with Crippen LogP contribution >= 0.6 is 11.6 Å². The normalized spacial score (nSPS) is 10.7. The maximum atomic E-state index is 12.9. The molecule has 0 spiro atoms. The number of para-hydroxylation sites is 1. The predicted octanol–water partition coefficient (Wildman–Crippen LogP) is 6.92. The number of fused-ring (bicyclic) bond motifs is 1. The third kappa shape index (κ3) is 5.40. The summed E-state index contributed by atoms with van der Waals surface area (Å²) in [5.41, 5.74) is 1.97. The van der Waals surface area contributed by atoms with Crippen LogP contribution in [0.2, 0.25) is 5.02 Å². The Morgan fingerprint density at radius 3 is 2.28 bits per heavy atom. The van der Waals surface area contributed by atoms with E-state index in [1.807, 2.05) is 30.3 Å². The third-order valence-electron chi connectivity index (χ3n) is 5.39. The lowest BCUT2D eigenvalue weighted by atomic mass is 10.1. The van der Waals surface area contributed by atoms with Gasteiger partial charge in [0, 0.05) is 16.8 Å². The van der Waals surface area contributed by atoms with Crippen molar-refractivity contribution in [3.63, 3.8) is 0 Å². The van der Waals surface area contributed by atoms with Gasteiger partial charge in [0.15, 0.2) is 12.0 Å². The van der Waals surface area contributed by atoms with Crippen molar-refractivity contribution < 1.29 is 18.7 Å². The summed E-state index contributed by atoms with van der Waals surface area (Å²) < 4.78 is 17.0. The molecule has 7 heteroatoms. The number of nitrogens with one attached hydrogen (secondary N) is 1. The van der Waals surface area contributed by atoms with Gasteiger partial charge in [-0.15, -0.1) is 0 Å². The molecule has 0 unspecified atom stereocenters. The van der Waals surface area contributed by atoms with E-state index >= 15 is 0 Å². The molecule has 0 saturated heterocycles. The number of carbonyl (C=O) groups excluding carboxylic acids is 1. The van der Waals surface area contributed by atoms with Crippen LogP contribution in [0.15, 0.2) is 113 Å². The van der Waals surface area contributed by atoms with Crippen molar-refractivity contribution in [1.29, 1.82) is 0 Å². The van der Waals surface area contributed by atoms with Gasteiger partial charge in [-0.25, -0.2) is 0 Å². The summed E-state index contributed by atoms with van der Waals surface area (Å²) in [5, 5.41) is 3.78. The summed E-state index contributed by atoms with van der Waals surface area (Å²) in [7, 11) is 0. The number of ether oxygens (including phenoxy) is 2. The highest BCUT2D eigenvalue weighted by Gasteiger charge is 2.11. The zero-order valence-electron chi connectivity index (χ0n) is 18.9. The molecule has 5 aromatic rings. The van der Waals surface area contributed by atoms with Crippen LogP contribution in [0.25, 0.3) is 22.1 Å². The number of anilines is 1. The van der Waals surface area contributed by atoms with Crippen molar-refractivity contribution in [3.05, 3.63) is 119 Å². The zero-order chi connectivity index (χ0) is 24.9. The van der Waals surface area contributed by atoms with Crippen LogP contribution in [0.1, 0.15) is 0 Å². The van der Waals surface area contributed by atoms with Crippen molar-refractivity contribution in [2.24, 2.45) is 0 Å². The maximum Gasteiger partial charge on any atom is 0.262 e. The Kier molecular flexibility index (Phi) is 6.69. The van der Waals surface area contributed by atoms with Gasteiger partial charge in [-0.1, -0.05) is 41.9 Å². The van der Waals surface area contributed by atoms with Crippen molar-refractivity contribution in [3.8, 4) is 28.4 Å². The van der Waals surface area contributed by atoms with E-state index in [2.05, 4.69) is 5.32 Å². The largest absolute Gasteiger partial charge is 0.484 e. The summed E-state index contributed by atoms with van der Waals surface area (Å²) in [5.74, 6) is 1.47. The predicted molar refractivity (Wildman–Crippen MR) is 140 cm³/mol. The van der Waals surface area contributed by atoms with Crippen LogP contribution < -0.4 is 20.2 Å². The molecule has 0 radical (unpaired) electrons. The molecule has 0 aliphatic heterocycles. The Hall–Kier alpha value is -4.55. The summed E-state index contributed by atoms with van der Waals surface area (Å²) in [6, 6.07) is 28.3. The Labute approximate surface area is 211 Å². The minimum absolute atomic E-state index is 0.164. The minimum atomic E-state index is -0.327. The number of amides is 1. The number of benzene rings is 4. The molecule has 1 heterocycles. The summed E-state index contributed by atoms with van der Waals surface area (Å²) >= 11 is 5.93. The third-order valence-corrected chi connectivity index (χ3v) is 5.64. The summed E-state index contributed by atoms with van der Waals surface area (Å²) in [6.07, 6.45) is 1.41. The van der Waals surface area contributed by atoms with E-state index in [-0.39, 0.29) is 17.9 Å². The van der Waals surface area contributed by atoms with Crippen LogP contribution in [0, 0.1) is 0 Å². The van der Waals surface area contributed by atoms with Crippen molar-refractivity contribution in [2.45, 2.75) is 0 Å². The molecule has 0 aliphatic rings. The first-order valence-corrected chi connectivity index (χ1v) is 11.5. The summed E-state index contributed by atoms with van der Waals surface area (Å²) in [6.45, 7) is -0.207. The lowest BCUT2D eigenvalue weighted by molar-refractivity contribution is -0.118. The highest BCUT2D eigenvalue weighted by molar-refractivity contribution is 6.30. The van der Waals surface area contributed by atoms with Crippen LogP contribution in [-0.2, 0) is 4.79 Å². The van der Waals surface area contributed by atoms with Crippen LogP contribution in [-0.4, -0.2) is 12.5 Å². The van der Waals surface area contributed by atoms with E-state index in [0.717, 1.165) is 5.75 Å². The standard InChI is InChI=1S/C29H20ClNO5/c30-20-8-6-19(7-9-20)26-17-35-27-16-24(14-15-25(27)29(26)33)34-18-28(32)31-21-10-12-23(13-11-21)36-22-4-2-1-3-5-22/h1-17H,18H2,(H,31,32). The second-order valence-electron chi connectivity index (χ2n) is 7.92. The van der Waals surface area contributed by atoms with Gasteiger partial charge in [0.1, 0.15) is 29.1 Å². The molecule has 5 rings (SSSR count). The first-order valence-electron chi connectivity index (χ1n) is 11.1. The van der Waals surface area contributed by atoms with Gasteiger partial charge in [0.05, 0.1) is 10.9 Å². The second kappa shape index (κ2) is 10.4. The van der Waals surface area contributed by atoms with E-state index < -0.39 is 0 Å². The topological polar surface area (TPSA) is 77.8 Å². The molecular formula is C29H20ClNO5. The molecule has 0 fully saturated rings. The Morgan fingerprint density at radius 2 is 1.53 bits per heavy atom. The lowest BCUT2D eigenvalue weighted by Gasteiger charge is -2.10. The number of hydrogen-bond donors (Lipinski definition) is 1. The first kappa shape index (κ1) is 23.2. The van der Waals surface area contributed by atoms with E-state index in [4.69, 9.17) is 25.5 Å². The molecule has 0 atom stereocenters. The second-order valence-corrected chi connectivity index (χ2v) is 8.36. The first-order chi connectivity index (χ1) is 17.5. The fourth-order valence-electron chi connectivity index (χ4n) is 3.60. The van der Waals surface area contributed by atoms with E-state index in [0.29, 0.717) is 44.3 Å². The van der Waals surface area contributed by atoms with Crippen LogP contribution in [0.4, 0.5) is 5.69 Å². The van der Waals surface area contributed by atoms with Crippen molar-refractivity contribution >= 4 is 34.2 Å². The average Bonchev–Trinajstić information content (AvgIpc) is 2.90. The number of rotatable bonds is 7. The molecule has 1 amide bonds. The smallest absolute Gasteiger partial charge is 0.262 e. The fraction of sp³-hybridized carbons (Fsp3) is 0.0345. The number of hydrogen-bond acceptors (Lipinski definition) is 5. The fourth-order valence-corrected chi connectivity index (χ4v) is 3.73. The van der Waals surface area contributed by atoms with Gasteiger partial charge in [0.25, 0.3) is 5.91 Å². The Balaban J connectivity index is 1.21. The molecule has 0 aliphatic carbocycles. The Bertz CT molecular complexity index is 1560. The van der Waals surface area contributed by atoms with E-state index in [1.165, 1.54) is 6.26 Å². The molecule has 0 bridgehead atoms. The minimum Gasteiger partial charge on any atom is -0.484 e. The molecule has 0 saturated carbocycles. The van der Waals surface area contributed by atoms with Gasteiger partial charge < -0.3 is 19.2 Å². The highest BCUT2D eigenvalue weighted by atomic mass is 35.5. The maximum absolute atomic E-state index is 12.9. The van der Waals surface area contributed by atoms with E-state index in [9.17, 15) is 9.59 Å². The molecule has 1 aromatic heterocycles. The molecule has 1 N–H and O–H groups in total. The van der Waals surface area contributed by atoms with Gasteiger partial charge >= 0.3 is 0 Å². The SMILES string of the molecule is O=C(COc1ccc2c(=O)c(-c3ccc(Cl)cc3)coc2c1)Nc1ccc(Oc2ccccc2)cc1. The van der Waals surface area contributed by atoms with Crippen molar-refractivity contribution in [1.82, 2.24) is 0 Å². The Morgan fingerprint density at radius 1 is 0.833 bits per heavy atom. The van der Waals surface area contributed by atoms with Gasteiger partial charge in [-0.3, -0.25) is 9.59 Å². The van der Waals surface area contributed by atoms with Crippen LogP contribution in [0.3, 0.4) is 0 Å². The van der Waals surface area contributed by atoms with Gasteiger partial charge in [-0.05, 0) is 66.2 Å². The molecular weight excluding hydrogens is 478 g/mol. The molecule has 4 aromatic carbocycles. The highest BCUT2D eigenvalue weighted by Crippen LogP contribution is 2.25. The monoisotopic (exact) mass is 497 g/mol.